The number of nitrogens with one attached hydrogen (secondary N) is 1. The van der Waals surface area contributed by atoms with Gasteiger partial charge in [0.1, 0.15) is 0 Å². The molecule has 0 spiro atoms. The van der Waals surface area contributed by atoms with Crippen molar-refractivity contribution in [1.82, 2.24) is 5.32 Å². The minimum atomic E-state index is -0.179. The molecule has 0 aromatic rings. The van der Waals surface area contributed by atoms with Gasteiger partial charge in [-0.05, 0) is 32.6 Å². The lowest BCUT2D eigenvalue weighted by molar-refractivity contribution is -0.119. The summed E-state index contributed by atoms with van der Waals surface area (Å²) in [7, 11) is 0. The molecule has 0 heterocycles. The summed E-state index contributed by atoms with van der Waals surface area (Å²) in [5.74, 6) is 0.472. The van der Waals surface area contributed by atoms with E-state index in [2.05, 4.69) is 12.2 Å². The van der Waals surface area contributed by atoms with Crippen LogP contribution in [0.5, 0.6) is 0 Å². The van der Waals surface area contributed by atoms with Crippen LogP contribution in [0, 0.1) is 5.92 Å². The quantitative estimate of drug-likeness (QED) is 0.720. The predicted molar refractivity (Wildman–Crippen MR) is 67.0 cm³/mol. The lowest BCUT2D eigenvalue weighted by Crippen LogP contribution is -2.58. The molecule has 1 aliphatic carbocycles. The molecule has 92 valence electrons. The highest BCUT2D eigenvalue weighted by molar-refractivity contribution is 5.88. The minimum Gasteiger partial charge on any atom is -0.346 e. The second-order valence-electron chi connectivity index (χ2n) is 5.22. The second kappa shape index (κ2) is 5.48. The average molecular weight is 224 g/mol. The van der Waals surface area contributed by atoms with Crippen molar-refractivity contribution < 1.29 is 4.79 Å². The molecule has 1 amide bonds. The molecule has 0 saturated heterocycles. The molecule has 0 aromatic heterocycles. The van der Waals surface area contributed by atoms with Crippen molar-refractivity contribution >= 4 is 5.91 Å². The van der Waals surface area contributed by atoms with Gasteiger partial charge in [-0.2, -0.15) is 0 Å². The number of amides is 1. The van der Waals surface area contributed by atoms with E-state index in [4.69, 9.17) is 5.73 Å². The molecule has 1 saturated carbocycles. The fourth-order valence-electron chi connectivity index (χ4n) is 2.50. The maximum Gasteiger partial charge on any atom is 0.244 e. The first kappa shape index (κ1) is 13.2. The van der Waals surface area contributed by atoms with Crippen LogP contribution in [0.3, 0.4) is 0 Å². The zero-order valence-electron chi connectivity index (χ0n) is 10.7. The molecule has 0 aromatic carbocycles. The Hall–Kier alpha value is -0.830. The molecule has 0 radical (unpaired) electrons. The van der Waals surface area contributed by atoms with Crippen LogP contribution in [-0.2, 0) is 4.79 Å². The highest BCUT2D eigenvalue weighted by Gasteiger charge is 2.37. The standard InChI is InChI=1S/C13H24N2O/c1-10(2)8-12(16)15-13(9-14)7-5-4-6-11(13)3/h8,11H,4-7,9,14H2,1-3H3,(H,15,16). The van der Waals surface area contributed by atoms with Gasteiger partial charge in [0, 0.05) is 12.6 Å². The van der Waals surface area contributed by atoms with Crippen molar-refractivity contribution in [2.45, 2.75) is 52.0 Å². The Morgan fingerprint density at radius 3 is 2.69 bits per heavy atom. The minimum absolute atomic E-state index is 0.000741. The van der Waals surface area contributed by atoms with Gasteiger partial charge in [0.2, 0.25) is 5.91 Å². The number of nitrogens with two attached hydrogens (primary N) is 1. The first-order valence-electron chi connectivity index (χ1n) is 6.17. The van der Waals surface area contributed by atoms with E-state index < -0.39 is 0 Å². The van der Waals surface area contributed by atoms with Gasteiger partial charge in [-0.1, -0.05) is 25.3 Å². The molecular weight excluding hydrogens is 200 g/mol. The smallest absolute Gasteiger partial charge is 0.244 e. The summed E-state index contributed by atoms with van der Waals surface area (Å²) in [5, 5.41) is 3.12. The fraction of sp³-hybridized carbons (Fsp3) is 0.769. The average Bonchev–Trinajstić information content (AvgIpc) is 2.20. The summed E-state index contributed by atoms with van der Waals surface area (Å²) in [6, 6.07) is 0. The van der Waals surface area contributed by atoms with E-state index in [0.717, 1.165) is 24.8 Å². The number of rotatable bonds is 3. The summed E-state index contributed by atoms with van der Waals surface area (Å²) in [5.41, 5.74) is 6.71. The van der Waals surface area contributed by atoms with Crippen molar-refractivity contribution in [3.8, 4) is 0 Å². The molecule has 1 fully saturated rings. The lowest BCUT2D eigenvalue weighted by Gasteiger charge is -2.42. The van der Waals surface area contributed by atoms with Gasteiger partial charge in [-0.15, -0.1) is 0 Å². The highest BCUT2D eigenvalue weighted by Crippen LogP contribution is 2.32. The molecule has 3 N–H and O–H groups in total. The van der Waals surface area contributed by atoms with Crippen LogP contribution in [0.4, 0.5) is 0 Å². The molecule has 1 aliphatic rings. The number of carbonyl (C=O) groups excluding carboxylic acids is 1. The first-order valence-corrected chi connectivity index (χ1v) is 6.17. The van der Waals surface area contributed by atoms with E-state index in [0.29, 0.717) is 12.5 Å². The summed E-state index contributed by atoms with van der Waals surface area (Å²) < 4.78 is 0. The van der Waals surface area contributed by atoms with Gasteiger partial charge in [0.05, 0.1) is 5.54 Å². The molecule has 1 rings (SSSR count). The van der Waals surface area contributed by atoms with Gasteiger partial charge in [-0.25, -0.2) is 0 Å². The Labute approximate surface area is 98.5 Å². The summed E-state index contributed by atoms with van der Waals surface area (Å²) in [4.78, 5) is 11.8. The molecule has 0 aliphatic heterocycles. The highest BCUT2D eigenvalue weighted by atomic mass is 16.1. The van der Waals surface area contributed by atoms with Crippen molar-refractivity contribution in [2.75, 3.05) is 6.54 Å². The van der Waals surface area contributed by atoms with Crippen LogP contribution < -0.4 is 11.1 Å². The SMILES string of the molecule is CC(C)=CC(=O)NC1(CN)CCCCC1C. The molecule has 0 bridgehead atoms. The van der Waals surface area contributed by atoms with Crippen LogP contribution in [-0.4, -0.2) is 18.0 Å². The number of allylic oxidation sites excluding steroid dienone is 1. The van der Waals surface area contributed by atoms with Crippen molar-refractivity contribution in [2.24, 2.45) is 11.7 Å². The van der Waals surface area contributed by atoms with E-state index in [1.807, 2.05) is 13.8 Å². The van der Waals surface area contributed by atoms with Gasteiger partial charge in [0.15, 0.2) is 0 Å². The monoisotopic (exact) mass is 224 g/mol. The van der Waals surface area contributed by atoms with Crippen molar-refractivity contribution in [3.63, 3.8) is 0 Å². The predicted octanol–water partition coefficient (Wildman–Crippen LogP) is 1.98. The molecule has 16 heavy (non-hydrogen) atoms. The summed E-state index contributed by atoms with van der Waals surface area (Å²) in [6.07, 6.45) is 6.23. The summed E-state index contributed by atoms with van der Waals surface area (Å²) in [6.45, 7) is 6.59. The van der Waals surface area contributed by atoms with Gasteiger partial charge < -0.3 is 11.1 Å². The van der Waals surface area contributed by atoms with Crippen LogP contribution in [0.25, 0.3) is 0 Å². The van der Waals surface area contributed by atoms with E-state index >= 15 is 0 Å². The third-order valence-electron chi connectivity index (χ3n) is 3.61. The number of hydrogen-bond donors (Lipinski definition) is 2. The van der Waals surface area contributed by atoms with E-state index in [1.54, 1.807) is 6.08 Å². The van der Waals surface area contributed by atoms with Crippen LogP contribution in [0.2, 0.25) is 0 Å². The van der Waals surface area contributed by atoms with Gasteiger partial charge in [-0.3, -0.25) is 4.79 Å². The Morgan fingerprint density at radius 1 is 1.50 bits per heavy atom. The van der Waals surface area contributed by atoms with E-state index in [1.165, 1.54) is 6.42 Å². The third kappa shape index (κ3) is 3.08. The Morgan fingerprint density at radius 2 is 2.19 bits per heavy atom. The zero-order valence-corrected chi connectivity index (χ0v) is 10.7. The number of carbonyl (C=O) groups is 1. The molecule has 3 nitrogen and oxygen atoms in total. The topological polar surface area (TPSA) is 55.1 Å². The third-order valence-corrected chi connectivity index (χ3v) is 3.61. The fourth-order valence-corrected chi connectivity index (χ4v) is 2.50. The Balaban J connectivity index is 2.72. The molecule has 2 unspecified atom stereocenters. The molecular formula is C13H24N2O. The molecule has 2 atom stereocenters. The summed E-state index contributed by atoms with van der Waals surface area (Å²) >= 11 is 0. The van der Waals surface area contributed by atoms with Crippen LogP contribution in [0.15, 0.2) is 11.6 Å². The molecule has 3 heteroatoms. The van der Waals surface area contributed by atoms with Crippen molar-refractivity contribution in [1.29, 1.82) is 0 Å². The zero-order chi connectivity index (χ0) is 12.2. The maximum absolute atomic E-state index is 11.8. The van der Waals surface area contributed by atoms with Crippen molar-refractivity contribution in [3.05, 3.63) is 11.6 Å². The lowest BCUT2D eigenvalue weighted by atomic mass is 9.73. The van der Waals surface area contributed by atoms with Crippen LogP contribution >= 0.6 is 0 Å². The van der Waals surface area contributed by atoms with E-state index in [-0.39, 0.29) is 11.4 Å². The Bertz CT molecular complexity index is 282. The van der Waals surface area contributed by atoms with Crippen LogP contribution in [0.1, 0.15) is 46.5 Å². The normalized spacial score (nSPS) is 29.6. The maximum atomic E-state index is 11.8. The number of hydrogen-bond acceptors (Lipinski definition) is 2. The first-order chi connectivity index (χ1) is 7.50. The Kier molecular flexibility index (Phi) is 4.54. The van der Waals surface area contributed by atoms with Gasteiger partial charge >= 0.3 is 0 Å². The van der Waals surface area contributed by atoms with Gasteiger partial charge in [0.25, 0.3) is 0 Å². The van der Waals surface area contributed by atoms with E-state index in [9.17, 15) is 4.79 Å². The largest absolute Gasteiger partial charge is 0.346 e. The second-order valence-corrected chi connectivity index (χ2v) is 5.22.